The van der Waals surface area contributed by atoms with E-state index in [1.807, 2.05) is 6.08 Å². The van der Waals surface area contributed by atoms with Crippen LogP contribution in [0.2, 0.25) is 5.15 Å². The van der Waals surface area contributed by atoms with Gasteiger partial charge in [0.1, 0.15) is 5.52 Å². The minimum Gasteiger partial charge on any atom is -0.401 e. The number of fused-ring (bicyclic) bond motifs is 1. The molecule has 18 heavy (non-hydrogen) atoms. The summed E-state index contributed by atoms with van der Waals surface area (Å²) < 4.78 is 1.81. The van der Waals surface area contributed by atoms with Crippen LogP contribution in [0, 0.1) is 0 Å². The van der Waals surface area contributed by atoms with Gasteiger partial charge >= 0.3 is 0 Å². The second-order valence-electron chi connectivity index (χ2n) is 3.99. The van der Waals surface area contributed by atoms with Crippen LogP contribution in [0.15, 0.2) is 18.1 Å². The highest BCUT2D eigenvalue weighted by atomic mass is 35.5. The predicted octanol–water partition coefficient (Wildman–Crippen LogP) is 1.70. The maximum absolute atomic E-state index is 5.94. The van der Waals surface area contributed by atoms with E-state index in [4.69, 9.17) is 23.1 Å². The van der Waals surface area contributed by atoms with Crippen LogP contribution in [0.5, 0.6) is 0 Å². The first-order valence-corrected chi connectivity index (χ1v) is 6.08. The first-order chi connectivity index (χ1) is 8.61. The number of anilines is 1. The van der Waals surface area contributed by atoms with Crippen LogP contribution in [-0.4, -0.2) is 19.5 Å². The lowest BCUT2D eigenvalue weighted by Crippen LogP contribution is -2.08. The van der Waals surface area contributed by atoms with Crippen molar-refractivity contribution in [1.82, 2.24) is 19.5 Å². The van der Waals surface area contributed by atoms with Gasteiger partial charge in [0.05, 0.1) is 12.9 Å². The molecule has 0 amide bonds. The Kier molecular flexibility index (Phi) is 3.66. The third-order valence-corrected chi connectivity index (χ3v) is 2.75. The quantitative estimate of drug-likeness (QED) is 0.821. The van der Waals surface area contributed by atoms with Crippen molar-refractivity contribution in [2.45, 2.75) is 26.3 Å². The van der Waals surface area contributed by atoms with Crippen LogP contribution >= 0.6 is 11.6 Å². The number of nitrogen functional groups attached to an aromatic ring is 1. The normalized spacial score (nSPS) is 12.2. The molecule has 0 spiro atoms. The summed E-state index contributed by atoms with van der Waals surface area (Å²) in [6.45, 7) is 2.62. The van der Waals surface area contributed by atoms with E-state index >= 15 is 0 Å². The minimum atomic E-state index is 0.130. The molecule has 0 aliphatic rings. The number of aromatic nitrogens is 4. The van der Waals surface area contributed by atoms with E-state index in [9.17, 15) is 0 Å². The molecule has 4 N–H and O–H groups in total. The maximum atomic E-state index is 5.94. The maximum Gasteiger partial charge on any atom is 0.223 e. The number of nitrogens with two attached hydrogens (primary N) is 2. The number of unbranched alkanes of at least 4 members (excludes halogenated alkanes) is 1. The zero-order chi connectivity index (χ0) is 13.1. The van der Waals surface area contributed by atoms with Gasteiger partial charge in [-0.25, -0.2) is 4.98 Å². The number of halogens is 1. The Morgan fingerprint density at radius 1 is 1.50 bits per heavy atom. The van der Waals surface area contributed by atoms with Crippen LogP contribution in [0.3, 0.4) is 0 Å². The molecule has 0 aliphatic heterocycles. The van der Waals surface area contributed by atoms with E-state index in [0.717, 1.165) is 18.5 Å². The Bertz CT molecular complexity index is 588. The zero-order valence-corrected chi connectivity index (χ0v) is 10.9. The number of nitrogens with zero attached hydrogens (tertiary/aromatic N) is 4. The molecule has 2 aromatic rings. The lowest BCUT2D eigenvalue weighted by atomic mass is 10.3. The number of rotatable bonds is 4. The molecule has 0 aliphatic carbocycles. The summed E-state index contributed by atoms with van der Waals surface area (Å²) in [5.74, 6) is 0.130. The van der Waals surface area contributed by atoms with Crippen LogP contribution in [-0.2, 0) is 6.54 Å². The third kappa shape index (κ3) is 2.53. The van der Waals surface area contributed by atoms with Gasteiger partial charge in [-0.3, -0.25) is 0 Å². The predicted molar refractivity (Wildman–Crippen MR) is 71.9 cm³/mol. The molecule has 0 saturated carbocycles. The second-order valence-corrected chi connectivity index (χ2v) is 4.34. The van der Waals surface area contributed by atoms with Crippen molar-refractivity contribution in [3.63, 3.8) is 0 Å². The van der Waals surface area contributed by atoms with Crippen molar-refractivity contribution in [3.05, 3.63) is 23.3 Å². The number of hydrogen-bond donors (Lipinski definition) is 2. The van der Waals surface area contributed by atoms with Crippen molar-refractivity contribution in [2.75, 3.05) is 5.73 Å². The average Bonchev–Trinajstić information content (AvgIpc) is 2.70. The number of imidazole rings is 1. The summed E-state index contributed by atoms with van der Waals surface area (Å²) in [6.07, 6.45) is 5.65. The molecule has 7 heteroatoms. The van der Waals surface area contributed by atoms with E-state index in [0.29, 0.717) is 17.7 Å². The Balaban J connectivity index is 2.35. The topological polar surface area (TPSA) is 95.6 Å². The summed E-state index contributed by atoms with van der Waals surface area (Å²) in [6, 6.07) is 0. The molecule has 96 valence electrons. The Hall–Kier alpha value is -1.82. The standard InChI is InChI=1S/C11H15ClN6/c1-2-3-4-7(13)5-18-6-15-8-9(12)16-11(14)17-10(8)18/h4,6H,2-3,5,13H2,1H3,(H2,14,16,17)/b7-4+. The Morgan fingerprint density at radius 2 is 2.28 bits per heavy atom. The molecule has 0 bridgehead atoms. The highest BCUT2D eigenvalue weighted by molar-refractivity contribution is 6.33. The molecule has 6 nitrogen and oxygen atoms in total. The van der Waals surface area contributed by atoms with Crippen molar-refractivity contribution in [2.24, 2.45) is 5.73 Å². The van der Waals surface area contributed by atoms with Gasteiger partial charge in [0.15, 0.2) is 10.8 Å². The van der Waals surface area contributed by atoms with Gasteiger partial charge in [-0.2, -0.15) is 9.97 Å². The molecular formula is C11H15ClN6. The van der Waals surface area contributed by atoms with Gasteiger partial charge in [-0.15, -0.1) is 0 Å². The first kappa shape index (κ1) is 12.6. The molecule has 2 aromatic heterocycles. The van der Waals surface area contributed by atoms with Gasteiger partial charge in [0.2, 0.25) is 5.95 Å². The molecule has 0 aromatic carbocycles. The molecule has 0 atom stereocenters. The number of allylic oxidation sites excluding steroid dienone is 2. The lowest BCUT2D eigenvalue weighted by molar-refractivity contribution is 0.779. The summed E-state index contributed by atoms with van der Waals surface area (Å²) in [5.41, 5.74) is 13.4. The first-order valence-electron chi connectivity index (χ1n) is 5.70. The molecule has 0 unspecified atom stereocenters. The summed E-state index contributed by atoms with van der Waals surface area (Å²) >= 11 is 5.94. The molecular weight excluding hydrogens is 252 g/mol. The van der Waals surface area contributed by atoms with Crippen LogP contribution in [0.1, 0.15) is 19.8 Å². The lowest BCUT2D eigenvalue weighted by Gasteiger charge is -2.04. The highest BCUT2D eigenvalue weighted by Crippen LogP contribution is 2.19. The monoisotopic (exact) mass is 266 g/mol. The number of hydrogen-bond acceptors (Lipinski definition) is 5. The summed E-state index contributed by atoms with van der Waals surface area (Å²) in [7, 11) is 0. The molecule has 0 fully saturated rings. The van der Waals surface area contributed by atoms with Crippen LogP contribution in [0.25, 0.3) is 11.2 Å². The SMILES string of the molecule is CCC/C=C(/N)Cn1cnc2c(Cl)nc(N)nc21. The van der Waals surface area contributed by atoms with E-state index in [1.165, 1.54) is 0 Å². The van der Waals surface area contributed by atoms with Gasteiger partial charge in [-0.1, -0.05) is 31.0 Å². The third-order valence-electron chi connectivity index (χ3n) is 2.49. The van der Waals surface area contributed by atoms with Crippen LogP contribution in [0.4, 0.5) is 5.95 Å². The van der Waals surface area contributed by atoms with E-state index < -0.39 is 0 Å². The Morgan fingerprint density at radius 3 is 3.00 bits per heavy atom. The highest BCUT2D eigenvalue weighted by Gasteiger charge is 2.10. The molecule has 2 rings (SSSR count). The van der Waals surface area contributed by atoms with Crippen molar-refractivity contribution < 1.29 is 0 Å². The van der Waals surface area contributed by atoms with Crippen molar-refractivity contribution >= 4 is 28.7 Å². The molecule has 2 heterocycles. The summed E-state index contributed by atoms with van der Waals surface area (Å²) in [5, 5.41) is 0.257. The van der Waals surface area contributed by atoms with Crippen LogP contribution < -0.4 is 11.5 Å². The average molecular weight is 267 g/mol. The fraction of sp³-hybridized carbons (Fsp3) is 0.364. The fourth-order valence-corrected chi connectivity index (χ4v) is 1.85. The van der Waals surface area contributed by atoms with Gasteiger partial charge in [0.25, 0.3) is 0 Å². The van der Waals surface area contributed by atoms with Gasteiger partial charge in [0, 0.05) is 5.70 Å². The Labute approximate surface area is 110 Å². The minimum absolute atomic E-state index is 0.130. The molecule has 0 radical (unpaired) electrons. The van der Waals surface area contributed by atoms with E-state index in [1.54, 1.807) is 10.9 Å². The summed E-state index contributed by atoms with van der Waals surface area (Å²) in [4.78, 5) is 12.1. The largest absolute Gasteiger partial charge is 0.401 e. The van der Waals surface area contributed by atoms with Crippen molar-refractivity contribution in [1.29, 1.82) is 0 Å². The smallest absolute Gasteiger partial charge is 0.223 e. The van der Waals surface area contributed by atoms with E-state index in [-0.39, 0.29) is 11.1 Å². The van der Waals surface area contributed by atoms with E-state index in [2.05, 4.69) is 21.9 Å². The van der Waals surface area contributed by atoms with Gasteiger partial charge in [-0.05, 0) is 6.42 Å². The van der Waals surface area contributed by atoms with Gasteiger partial charge < -0.3 is 16.0 Å². The molecule has 0 saturated heterocycles. The second kappa shape index (κ2) is 5.22. The van der Waals surface area contributed by atoms with Crippen molar-refractivity contribution in [3.8, 4) is 0 Å². The fourth-order valence-electron chi connectivity index (χ4n) is 1.63. The zero-order valence-electron chi connectivity index (χ0n) is 10.1.